The molecule has 1 aromatic heterocycles. The highest BCUT2D eigenvalue weighted by Crippen LogP contribution is 2.32. The molecule has 0 unspecified atom stereocenters. The Morgan fingerprint density at radius 3 is 2.17 bits per heavy atom. The molecule has 0 aromatic carbocycles. The van der Waals surface area contributed by atoms with E-state index in [1.54, 1.807) is 0 Å². The fourth-order valence-corrected chi connectivity index (χ4v) is 2.32. The van der Waals surface area contributed by atoms with Crippen molar-refractivity contribution in [2.75, 3.05) is 18.0 Å². The Hall–Kier alpha value is -1.26. The first kappa shape index (κ1) is 13.2. The van der Waals surface area contributed by atoms with E-state index in [2.05, 4.69) is 9.88 Å². The molecule has 18 heavy (non-hydrogen) atoms. The number of hydrogen-bond acceptors (Lipinski definition) is 2. The maximum absolute atomic E-state index is 12.6. The SMILES string of the molecule is Cc1nc(N2CCCCCC2)ccc1C(F)(F)F. The first-order valence-electron chi connectivity index (χ1n) is 6.28. The van der Waals surface area contributed by atoms with E-state index in [1.807, 2.05) is 0 Å². The fraction of sp³-hybridized carbons (Fsp3) is 0.615. The molecule has 1 fully saturated rings. The molecule has 5 heteroatoms. The van der Waals surface area contributed by atoms with E-state index in [9.17, 15) is 13.2 Å². The molecule has 0 amide bonds. The number of aromatic nitrogens is 1. The van der Waals surface area contributed by atoms with Crippen molar-refractivity contribution >= 4 is 5.82 Å². The van der Waals surface area contributed by atoms with E-state index in [0.29, 0.717) is 5.82 Å². The van der Waals surface area contributed by atoms with Gasteiger partial charge in [-0.2, -0.15) is 13.2 Å². The van der Waals surface area contributed by atoms with Crippen LogP contribution in [-0.2, 0) is 6.18 Å². The van der Waals surface area contributed by atoms with Gasteiger partial charge in [0.25, 0.3) is 0 Å². The number of pyridine rings is 1. The predicted molar refractivity (Wildman–Crippen MR) is 64.7 cm³/mol. The monoisotopic (exact) mass is 258 g/mol. The van der Waals surface area contributed by atoms with Gasteiger partial charge in [0.2, 0.25) is 0 Å². The smallest absolute Gasteiger partial charge is 0.357 e. The summed E-state index contributed by atoms with van der Waals surface area (Å²) in [7, 11) is 0. The minimum atomic E-state index is -4.31. The molecule has 0 spiro atoms. The summed E-state index contributed by atoms with van der Waals surface area (Å²) >= 11 is 0. The summed E-state index contributed by atoms with van der Waals surface area (Å²) in [5.74, 6) is 0.669. The molecule has 0 N–H and O–H groups in total. The molecule has 0 saturated carbocycles. The Labute approximate surface area is 105 Å². The van der Waals surface area contributed by atoms with Gasteiger partial charge < -0.3 is 4.90 Å². The second-order valence-corrected chi connectivity index (χ2v) is 4.70. The first-order valence-corrected chi connectivity index (χ1v) is 6.28. The summed E-state index contributed by atoms with van der Waals surface area (Å²) < 4.78 is 37.9. The van der Waals surface area contributed by atoms with Crippen LogP contribution >= 0.6 is 0 Å². The normalized spacial score (nSPS) is 17.7. The van der Waals surface area contributed by atoms with Gasteiger partial charge in [-0.25, -0.2) is 4.98 Å². The molecule has 2 rings (SSSR count). The van der Waals surface area contributed by atoms with Gasteiger partial charge in [0.1, 0.15) is 5.82 Å². The Morgan fingerprint density at radius 1 is 1.06 bits per heavy atom. The largest absolute Gasteiger partial charge is 0.418 e. The van der Waals surface area contributed by atoms with E-state index in [4.69, 9.17) is 0 Å². The summed E-state index contributed by atoms with van der Waals surface area (Å²) in [6.45, 7) is 3.19. The molecule has 0 radical (unpaired) electrons. The second-order valence-electron chi connectivity index (χ2n) is 4.70. The van der Waals surface area contributed by atoms with Crippen LogP contribution in [0.1, 0.15) is 36.9 Å². The van der Waals surface area contributed by atoms with Crippen LogP contribution in [0.25, 0.3) is 0 Å². The highest BCUT2D eigenvalue weighted by Gasteiger charge is 2.33. The van der Waals surface area contributed by atoms with Crippen molar-refractivity contribution in [2.24, 2.45) is 0 Å². The minimum absolute atomic E-state index is 0.0595. The summed E-state index contributed by atoms with van der Waals surface area (Å²) in [4.78, 5) is 6.19. The van der Waals surface area contributed by atoms with E-state index in [1.165, 1.54) is 25.8 Å². The molecule has 1 aromatic rings. The van der Waals surface area contributed by atoms with Crippen molar-refractivity contribution in [1.29, 1.82) is 0 Å². The average molecular weight is 258 g/mol. The van der Waals surface area contributed by atoms with Crippen LogP contribution in [0.4, 0.5) is 19.0 Å². The lowest BCUT2D eigenvalue weighted by Gasteiger charge is -2.22. The van der Waals surface area contributed by atoms with E-state index in [0.717, 1.165) is 32.0 Å². The van der Waals surface area contributed by atoms with Gasteiger partial charge in [0.05, 0.1) is 11.3 Å². The standard InChI is InChI=1S/C13H17F3N2/c1-10-11(13(14,15)16)6-7-12(17-10)18-8-4-2-3-5-9-18/h6-7H,2-5,8-9H2,1H3. The van der Waals surface area contributed by atoms with E-state index < -0.39 is 11.7 Å². The van der Waals surface area contributed by atoms with Gasteiger partial charge >= 0.3 is 6.18 Å². The summed E-state index contributed by atoms with van der Waals surface area (Å²) in [5.41, 5.74) is -0.578. The van der Waals surface area contributed by atoms with Crippen molar-refractivity contribution in [1.82, 2.24) is 4.98 Å². The zero-order valence-corrected chi connectivity index (χ0v) is 10.4. The van der Waals surface area contributed by atoms with Crippen LogP contribution in [0.3, 0.4) is 0 Å². The van der Waals surface area contributed by atoms with Gasteiger partial charge in [-0.15, -0.1) is 0 Å². The average Bonchev–Trinajstić information content (AvgIpc) is 2.55. The van der Waals surface area contributed by atoms with Crippen LogP contribution in [0.15, 0.2) is 12.1 Å². The van der Waals surface area contributed by atoms with Crippen LogP contribution < -0.4 is 4.90 Å². The van der Waals surface area contributed by atoms with Crippen LogP contribution in [-0.4, -0.2) is 18.1 Å². The Morgan fingerprint density at radius 2 is 1.67 bits per heavy atom. The first-order chi connectivity index (χ1) is 8.48. The zero-order valence-electron chi connectivity index (χ0n) is 10.4. The van der Waals surface area contributed by atoms with E-state index in [-0.39, 0.29) is 5.69 Å². The number of alkyl halides is 3. The topological polar surface area (TPSA) is 16.1 Å². The number of nitrogens with zero attached hydrogens (tertiary/aromatic N) is 2. The van der Waals surface area contributed by atoms with Crippen LogP contribution in [0, 0.1) is 6.92 Å². The Bertz CT molecular complexity index is 407. The summed E-state index contributed by atoms with van der Waals surface area (Å²) in [6.07, 6.45) is 0.240. The second kappa shape index (κ2) is 5.16. The summed E-state index contributed by atoms with van der Waals surface area (Å²) in [6, 6.07) is 2.63. The molecule has 100 valence electrons. The molecular formula is C13H17F3N2. The lowest BCUT2D eigenvalue weighted by Crippen LogP contribution is -2.25. The van der Waals surface area contributed by atoms with Gasteiger partial charge in [0.15, 0.2) is 0 Å². The van der Waals surface area contributed by atoms with Crippen molar-refractivity contribution in [3.05, 3.63) is 23.4 Å². The van der Waals surface area contributed by atoms with Crippen molar-refractivity contribution in [3.8, 4) is 0 Å². The van der Waals surface area contributed by atoms with Crippen LogP contribution in [0.2, 0.25) is 0 Å². The Kier molecular flexibility index (Phi) is 3.78. The number of rotatable bonds is 1. The van der Waals surface area contributed by atoms with Gasteiger partial charge in [-0.1, -0.05) is 12.8 Å². The maximum atomic E-state index is 12.6. The highest BCUT2D eigenvalue weighted by molar-refractivity contribution is 5.42. The number of hydrogen-bond donors (Lipinski definition) is 0. The van der Waals surface area contributed by atoms with Crippen molar-refractivity contribution < 1.29 is 13.2 Å². The third-order valence-corrected chi connectivity index (χ3v) is 3.31. The van der Waals surface area contributed by atoms with E-state index >= 15 is 0 Å². The van der Waals surface area contributed by atoms with Gasteiger partial charge in [-0.05, 0) is 31.9 Å². The molecule has 1 saturated heterocycles. The molecule has 2 heterocycles. The third kappa shape index (κ3) is 2.94. The number of anilines is 1. The third-order valence-electron chi connectivity index (χ3n) is 3.31. The maximum Gasteiger partial charge on any atom is 0.418 e. The fourth-order valence-electron chi connectivity index (χ4n) is 2.32. The quantitative estimate of drug-likeness (QED) is 0.762. The molecule has 0 bridgehead atoms. The lowest BCUT2D eigenvalue weighted by atomic mass is 10.2. The van der Waals surface area contributed by atoms with Crippen molar-refractivity contribution in [2.45, 2.75) is 38.8 Å². The summed E-state index contributed by atoms with van der Waals surface area (Å²) in [5, 5.41) is 0. The predicted octanol–water partition coefficient (Wildman–Crippen LogP) is 3.79. The lowest BCUT2D eigenvalue weighted by molar-refractivity contribution is -0.138. The highest BCUT2D eigenvalue weighted by atomic mass is 19.4. The van der Waals surface area contributed by atoms with Crippen molar-refractivity contribution in [3.63, 3.8) is 0 Å². The molecule has 2 nitrogen and oxygen atoms in total. The molecule has 0 aliphatic carbocycles. The number of halogens is 3. The molecule has 0 atom stereocenters. The zero-order chi connectivity index (χ0) is 13.2. The molecule has 1 aliphatic rings. The van der Waals surface area contributed by atoms with Gasteiger partial charge in [-0.3, -0.25) is 0 Å². The molecule has 1 aliphatic heterocycles. The molecular weight excluding hydrogens is 241 g/mol. The minimum Gasteiger partial charge on any atom is -0.357 e. The van der Waals surface area contributed by atoms with Gasteiger partial charge in [0, 0.05) is 13.1 Å². The number of aryl methyl sites for hydroxylation is 1. The Balaban J connectivity index is 2.22. The van der Waals surface area contributed by atoms with Crippen LogP contribution in [0.5, 0.6) is 0 Å².